The lowest BCUT2D eigenvalue weighted by atomic mass is 9.90. The van der Waals surface area contributed by atoms with Gasteiger partial charge in [-0.3, -0.25) is 4.79 Å². The Bertz CT molecular complexity index is 1630. The molecule has 0 saturated heterocycles. The second-order valence-electron chi connectivity index (χ2n) is 8.09. The lowest BCUT2D eigenvalue weighted by Crippen LogP contribution is -2.30. The summed E-state index contributed by atoms with van der Waals surface area (Å²) in [4.78, 5) is 31.2. The number of aromatic hydroxyl groups is 1. The van der Waals surface area contributed by atoms with E-state index < -0.39 is 5.97 Å². The summed E-state index contributed by atoms with van der Waals surface area (Å²) in [6, 6.07) is 13.7. The Morgan fingerprint density at radius 2 is 1.94 bits per heavy atom. The first-order valence-corrected chi connectivity index (χ1v) is 11.4. The number of phenols is 1. The van der Waals surface area contributed by atoms with Crippen LogP contribution < -0.4 is 16.1 Å². The summed E-state index contributed by atoms with van der Waals surface area (Å²) in [5.74, 6) is -0.852. The number of nitrogens with one attached hydrogen (secondary N) is 3. The smallest absolute Gasteiger partial charge is 0.336 e. The average Bonchev–Trinajstić information content (AvgIpc) is 3.35. The molecule has 36 heavy (non-hydrogen) atoms. The van der Waals surface area contributed by atoms with Crippen molar-refractivity contribution >= 4 is 40.0 Å². The van der Waals surface area contributed by atoms with Crippen LogP contribution in [0.25, 0.3) is 33.4 Å². The topological polar surface area (TPSA) is 140 Å². The number of carboxylic acid groups (broad SMARTS) is 1. The van der Waals surface area contributed by atoms with Gasteiger partial charge in [0.2, 0.25) is 0 Å². The Morgan fingerprint density at radius 3 is 2.72 bits per heavy atom. The predicted octanol–water partition coefficient (Wildman–Crippen LogP) is 4.22. The first kappa shape index (κ1) is 23.1. The number of aromatic amines is 1. The molecule has 1 aliphatic heterocycles. The zero-order valence-electron chi connectivity index (χ0n) is 18.7. The van der Waals surface area contributed by atoms with Crippen LogP contribution in [-0.2, 0) is 6.42 Å². The molecular formula is C26H20N4O5S. The van der Waals surface area contributed by atoms with Gasteiger partial charge in [-0.15, -0.1) is 0 Å². The van der Waals surface area contributed by atoms with E-state index in [4.69, 9.17) is 16.6 Å². The number of carboxylic acids is 1. The number of fused-ring (bicyclic) bond motifs is 2. The monoisotopic (exact) mass is 500 g/mol. The molecule has 0 fully saturated rings. The summed E-state index contributed by atoms with van der Waals surface area (Å²) in [6.07, 6.45) is 4.05. The van der Waals surface area contributed by atoms with Crippen LogP contribution in [0.1, 0.15) is 16.1 Å². The number of aromatic nitrogens is 2. The van der Waals surface area contributed by atoms with E-state index in [0.717, 1.165) is 5.69 Å². The number of imidazole rings is 1. The molecule has 0 unspecified atom stereocenters. The number of phenolic OH excluding ortho intramolecular Hbond substituents is 1. The average molecular weight is 501 g/mol. The summed E-state index contributed by atoms with van der Waals surface area (Å²) in [6.45, 7) is 0.574. The van der Waals surface area contributed by atoms with Gasteiger partial charge in [0.25, 0.3) is 0 Å². The van der Waals surface area contributed by atoms with Gasteiger partial charge >= 0.3 is 5.97 Å². The molecule has 0 amide bonds. The third-order valence-electron chi connectivity index (χ3n) is 5.69. The van der Waals surface area contributed by atoms with E-state index >= 15 is 0 Å². The van der Waals surface area contributed by atoms with Crippen molar-refractivity contribution in [1.29, 1.82) is 0 Å². The van der Waals surface area contributed by atoms with E-state index in [2.05, 4.69) is 20.6 Å². The summed E-state index contributed by atoms with van der Waals surface area (Å²) in [5.41, 5.74) is 3.20. The van der Waals surface area contributed by atoms with Gasteiger partial charge in [0, 0.05) is 59.2 Å². The molecule has 10 heteroatoms. The number of rotatable bonds is 6. The van der Waals surface area contributed by atoms with Crippen molar-refractivity contribution in [2.75, 3.05) is 11.9 Å². The molecule has 180 valence electrons. The molecule has 9 nitrogen and oxygen atoms in total. The number of aromatic carboxylic acids is 1. The maximum Gasteiger partial charge on any atom is 0.336 e. The summed E-state index contributed by atoms with van der Waals surface area (Å²) in [7, 11) is 0. The third kappa shape index (κ3) is 4.62. The Balaban J connectivity index is 1.57. The van der Waals surface area contributed by atoms with Crippen LogP contribution in [0.2, 0.25) is 0 Å². The molecule has 5 N–H and O–H groups in total. The van der Waals surface area contributed by atoms with Gasteiger partial charge in [-0.1, -0.05) is 0 Å². The molecule has 0 radical (unpaired) electrons. The Morgan fingerprint density at radius 1 is 1.08 bits per heavy atom. The molecule has 1 aromatic heterocycles. The van der Waals surface area contributed by atoms with Crippen molar-refractivity contribution in [3.8, 4) is 28.2 Å². The minimum Gasteiger partial charge on any atom is -0.508 e. The normalized spacial score (nSPS) is 11.0. The fourth-order valence-corrected chi connectivity index (χ4v) is 4.29. The van der Waals surface area contributed by atoms with E-state index in [-0.39, 0.29) is 22.5 Å². The van der Waals surface area contributed by atoms with E-state index in [9.17, 15) is 19.8 Å². The fourth-order valence-electron chi connectivity index (χ4n) is 4.07. The lowest BCUT2D eigenvalue weighted by molar-refractivity contribution is 0.0697. The number of nitrogens with zero attached hydrogens (tertiary/aromatic N) is 1. The van der Waals surface area contributed by atoms with Crippen LogP contribution in [0, 0.1) is 0 Å². The first-order valence-electron chi connectivity index (χ1n) is 11.0. The number of hydrogen-bond acceptors (Lipinski definition) is 6. The molecule has 2 heterocycles. The quantitative estimate of drug-likeness (QED) is 0.171. The van der Waals surface area contributed by atoms with Gasteiger partial charge in [0.1, 0.15) is 17.1 Å². The van der Waals surface area contributed by atoms with Crippen LogP contribution in [0.5, 0.6) is 5.75 Å². The highest BCUT2D eigenvalue weighted by atomic mass is 32.1. The highest BCUT2D eigenvalue weighted by molar-refractivity contribution is 7.80. The molecule has 0 atom stereocenters. The predicted molar refractivity (Wildman–Crippen MR) is 140 cm³/mol. The highest BCUT2D eigenvalue weighted by Gasteiger charge is 2.22. The third-order valence-corrected chi connectivity index (χ3v) is 5.94. The van der Waals surface area contributed by atoms with Crippen LogP contribution in [-0.4, -0.2) is 37.8 Å². The highest BCUT2D eigenvalue weighted by Crippen LogP contribution is 2.42. The van der Waals surface area contributed by atoms with Crippen molar-refractivity contribution in [3.05, 3.63) is 88.6 Å². The van der Waals surface area contributed by atoms with E-state index in [0.29, 0.717) is 51.4 Å². The van der Waals surface area contributed by atoms with Crippen molar-refractivity contribution in [2.45, 2.75) is 6.42 Å². The largest absolute Gasteiger partial charge is 0.508 e. The van der Waals surface area contributed by atoms with Gasteiger partial charge in [0.05, 0.1) is 11.9 Å². The lowest BCUT2D eigenvalue weighted by Gasteiger charge is -2.18. The first-order chi connectivity index (χ1) is 17.4. The zero-order valence-corrected chi connectivity index (χ0v) is 19.6. The van der Waals surface area contributed by atoms with Crippen molar-refractivity contribution in [1.82, 2.24) is 15.3 Å². The summed E-state index contributed by atoms with van der Waals surface area (Å²) in [5, 5.41) is 27.1. The summed E-state index contributed by atoms with van der Waals surface area (Å²) >= 11 is 5.42. The van der Waals surface area contributed by atoms with Crippen LogP contribution in [0.4, 0.5) is 5.69 Å². The van der Waals surface area contributed by atoms with Gasteiger partial charge in [-0.2, -0.15) is 0 Å². The minimum atomic E-state index is -1.11. The van der Waals surface area contributed by atoms with Gasteiger partial charge < -0.3 is 30.2 Å². The van der Waals surface area contributed by atoms with Gasteiger partial charge in [-0.05, 0) is 60.2 Å². The molecule has 0 saturated carbocycles. The standard InChI is InChI=1S/C26H20N4O5S/c31-16-2-5-19-22(10-16)35-23-11-17(32)3-6-20(23)24(19)21-9-14(1-4-18(21)25(33)34)30-26(36)28-8-7-15-12-27-13-29-15/h1-6,9-13,31H,7-8H2,(H,27,29)(H,33,34)(H2,28,30,36). The molecule has 2 aliphatic rings. The maximum absolute atomic E-state index is 12.2. The van der Waals surface area contributed by atoms with E-state index in [1.807, 2.05) is 0 Å². The zero-order chi connectivity index (χ0) is 25.2. The van der Waals surface area contributed by atoms with Gasteiger partial charge in [-0.25, -0.2) is 9.78 Å². The Labute approximate surface area is 209 Å². The number of hydrogen-bond donors (Lipinski definition) is 5. The number of benzene rings is 3. The number of thiocarbonyl (C=S) groups is 1. The Kier molecular flexibility index (Phi) is 6.09. The van der Waals surface area contributed by atoms with Crippen molar-refractivity contribution in [2.24, 2.45) is 0 Å². The molecule has 5 rings (SSSR count). The maximum atomic E-state index is 12.2. The fraction of sp³-hybridized carbons (Fsp3) is 0.0769. The minimum absolute atomic E-state index is 0.0183. The second kappa shape index (κ2) is 9.51. The van der Waals surface area contributed by atoms with Crippen molar-refractivity contribution in [3.63, 3.8) is 0 Å². The molecule has 1 aliphatic carbocycles. The molecule has 0 spiro atoms. The Hall–Kier alpha value is -4.70. The molecular weight excluding hydrogens is 480 g/mol. The van der Waals surface area contributed by atoms with E-state index in [1.165, 1.54) is 30.3 Å². The van der Waals surface area contributed by atoms with Crippen LogP contribution >= 0.6 is 12.2 Å². The number of H-pyrrole nitrogens is 1. The van der Waals surface area contributed by atoms with Gasteiger partial charge in [0.15, 0.2) is 10.5 Å². The SMILES string of the molecule is O=C(O)c1ccc(NC(=S)NCCc2cnc[nH]2)cc1-c1c2ccc(=O)cc-2oc2cc(O)ccc12. The van der Waals surface area contributed by atoms with Crippen LogP contribution in [0.3, 0.4) is 0 Å². The van der Waals surface area contributed by atoms with E-state index in [1.54, 1.807) is 36.8 Å². The molecule has 0 bridgehead atoms. The number of anilines is 1. The second-order valence-corrected chi connectivity index (χ2v) is 8.50. The van der Waals surface area contributed by atoms with Crippen molar-refractivity contribution < 1.29 is 19.4 Å². The summed E-state index contributed by atoms with van der Waals surface area (Å²) < 4.78 is 5.88. The molecule has 2 aromatic carbocycles. The van der Waals surface area contributed by atoms with Crippen LogP contribution in [0.15, 0.2) is 76.3 Å². The number of carbonyl (C=O) groups is 1. The molecule has 3 aromatic rings.